The Morgan fingerprint density at radius 2 is 2.20 bits per heavy atom. The molecule has 1 aromatic rings. The Kier molecular flexibility index (Phi) is 4.88. The normalized spacial score (nSPS) is 21.2. The number of sulfonamides is 1. The van der Waals surface area contributed by atoms with E-state index in [9.17, 15) is 13.5 Å². The lowest BCUT2D eigenvalue weighted by Crippen LogP contribution is -2.38. The number of aliphatic hydroxyl groups is 1. The lowest BCUT2D eigenvalue weighted by atomic mass is 10.0. The first-order chi connectivity index (χ1) is 9.48. The SMILES string of the molecule is CCCn1cc(S(=O)(=O)N2CCCC(C)C2)cc1CO. The minimum Gasteiger partial charge on any atom is -0.390 e. The fourth-order valence-corrected chi connectivity index (χ4v) is 4.42. The summed E-state index contributed by atoms with van der Waals surface area (Å²) in [7, 11) is -3.42. The van der Waals surface area contributed by atoms with Crippen LogP contribution in [0.1, 0.15) is 38.8 Å². The largest absolute Gasteiger partial charge is 0.390 e. The molecule has 1 N–H and O–H groups in total. The number of piperidine rings is 1. The summed E-state index contributed by atoms with van der Waals surface area (Å²) in [4.78, 5) is 0.309. The van der Waals surface area contributed by atoms with Gasteiger partial charge in [0, 0.05) is 31.5 Å². The Morgan fingerprint density at radius 3 is 2.80 bits per heavy atom. The van der Waals surface area contributed by atoms with E-state index < -0.39 is 10.0 Å². The van der Waals surface area contributed by atoms with E-state index in [-0.39, 0.29) is 6.61 Å². The number of aromatic nitrogens is 1. The molecule has 114 valence electrons. The van der Waals surface area contributed by atoms with Crippen LogP contribution in [0.3, 0.4) is 0 Å². The Balaban J connectivity index is 2.29. The maximum absolute atomic E-state index is 12.6. The topological polar surface area (TPSA) is 62.5 Å². The third-order valence-electron chi connectivity index (χ3n) is 3.84. The first-order valence-corrected chi connectivity index (χ1v) is 8.73. The Morgan fingerprint density at radius 1 is 1.45 bits per heavy atom. The second-order valence-electron chi connectivity index (χ2n) is 5.63. The highest BCUT2D eigenvalue weighted by molar-refractivity contribution is 7.89. The summed E-state index contributed by atoms with van der Waals surface area (Å²) < 4.78 is 28.7. The molecule has 1 aromatic heterocycles. The summed E-state index contributed by atoms with van der Waals surface area (Å²) in [5.41, 5.74) is 0.662. The van der Waals surface area contributed by atoms with E-state index in [1.165, 1.54) is 0 Å². The van der Waals surface area contributed by atoms with Crippen molar-refractivity contribution < 1.29 is 13.5 Å². The number of hydrogen-bond donors (Lipinski definition) is 1. The van der Waals surface area contributed by atoms with Crippen LogP contribution in [0.15, 0.2) is 17.2 Å². The van der Waals surface area contributed by atoms with E-state index in [4.69, 9.17) is 0 Å². The maximum Gasteiger partial charge on any atom is 0.244 e. The van der Waals surface area contributed by atoms with Crippen LogP contribution in [-0.2, 0) is 23.2 Å². The van der Waals surface area contributed by atoms with Gasteiger partial charge in [-0.1, -0.05) is 13.8 Å². The second-order valence-corrected chi connectivity index (χ2v) is 7.57. The molecule has 1 saturated heterocycles. The van der Waals surface area contributed by atoms with Crippen LogP contribution in [0.2, 0.25) is 0 Å². The molecular weight excluding hydrogens is 276 g/mol. The minimum absolute atomic E-state index is 0.133. The van der Waals surface area contributed by atoms with Gasteiger partial charge in [0.1, 0.15) is 4.90 Å². The van der Waals surface area contributed by atoms with E-state index in [1.807, 2.05) is 11.5 Å². The summed E-state index contributed by atoms with van der Waals surface area (Å²) in [6.07, 6.45) is 4.57. The molecule has 1 aliphatic rings. The van der Waals surface area contributed by atoms with E-state index in [0.717, 1.165) is 25.8 Å². The zero-order valence-corrected chi connectivity index (χ0v) is 13.1. The van der Waals surface area contributed by atoms with Gasteiger partial charge in [-0.05, 0) is 31.2 Å². The van der Waals surface area contributed by atoms with Crippen LogP contribution in [0, 0.1) is 5.92 Å². The maximum atomic E-state index is 12.6. The first kappa shape index (κ1) is 15.5. The van der Waals surface area contributed by atoms with Crippen molar-refractivity contribution in [3.8, 4) is 0 Å². The molecule has 0 saturated carbocycles. The van der Waals surface area contributed by atoms with Crippen molar-refractivity contribution in [3.05, 3.63) is 18.0 Å². The molecular formula is C14H24N2O3S. The summed E-state index contributed by atoms with van der Waals surface area (Å²) in [6, 6.07) is 1.60. The summed E-state index contributed by atoms with van der Waals surface area (Å²) in [5, 5.41) is 9.35. The van der Waals surface area contributed by atoms with Crippen LogP contribution < -0.4 is 0 Å². The van der Waals surface area contributed by atoms with Gasteiger partial charge in [0.2, 0.25) is 10.0 Å². The van der Waals surface area contributed by atoms with Crippen LogP contribution in [0.5, 0.6) is 0 Å². The van der Waals surface area contributed by atoms with Crippen molar-refractivity contribution >= 4 is 10.0 Å². The molecule has 1 atom stereocenters. The molecule has 20 heavy (non-hydrogen) atoms. The third-order valence-corrected chi connectivity index (χ3v) is 5.68. The molecule has 1 unspecified atom stereocenters. The summed E-state index contributed by atoms with van der Waals surface area (Å²) in [6.45, 7) is 5.90. The molecule has 0 aliphatic carbocycles. The van der Waals surface area contributed by atoms with Gasteiger partial charge in [-0.2, -0.15) is 4.31 Å². The predicted molar refractivity (Wildman–Crippen MR) is 77.8 cm³/mol. The van der Waals surface area contributed by atoms with Crippen molar-refractivity contribution in [2.24, 2.45) is 5.92 Å². The molecule has 6 heteroatoms. The van der Waals surface area contributed by atoms with Crippen LogP contribution in [0.4, 0.5) is 0 Å². The van der Waals surface area contributed by atoms with E-state index in [0.29, 0.717) is 29.6 Å². The standard InChI is InChI=1S/C14H24N2O3S/c1-3-6-15-10-14(8-13(15)11-17)20(18,19)16-7-4-5-12(2)9-16/h8,10,12,17H,3-7,9,11H2,1-2H3. The van der Waals surface area contributed by atoms with Gasteiger partial charge in [0.25, 0.3) is 0 Å². The number of aliphatic hydroxyl groups excluding tert-OH is 1. The average molecular weight is 300 g/mol. The molecule has 0 radical (unpaired) electrons. The number of hydrogen-bond acceptors (Lipinski definition) is 3. The van der Waals surface area contributed by atoms with Crippen LogP contribution >= 0.6 is 0 Å². The molecule has 2 heterocycles. The molecule has 0 bridgehead atoms. The van der Waals surface area contributed by atoms with Gasteiger partial charge in [0.05, 0.1) is 6.61 Å². The lowest BCUT2D eigenvalue weighted by molar-refractivity contribution is 0.270. The molecule has 0 spiro atoms. The summed E-state index contributed by atoms with van der Waals surface area (Å²) in [5.74, 6) is 0.411. The minimum atomic E-state index is -3.42. The van der Waals surface area contributed by atoms with Gasteiger partial charge in [-0.25, -0.2) is 8.42 Å². The van der Waals surface area contributed by atoms with Crippen molar-refractivity contribution in [3.63, 3.8) is 0 Å². The van der Waals surface area contributed by atoms with Gasteiger partial charge in [-0.3, -0.25) is 0 Å². The van der Waals surface area contributed by atoms with Gasteiger partial charge < -0.3 is 9.67 Å². The molecule has 1 fully saturated rings. The van der Waals surface area contributed by atoms with Crippen molar-refractivity contribution in [2.45, 2.75) is 51.2 Å². The molecule has 0 aromatic carbocycles. The highest BCUT2D eigenvalue weighted by atomic mass is 32.2. The third kappa shape index (κ3) is 3.07. The monoisotopic (exact) mass is 300 g/mol. The van der Waals surface area contributed by atoms with Crippen molar-refractivity contribution in [2.75, 3.05) is 13.1 Å². The number of rotatable bonds is 5. The zero-order chi connectivity index (χ0) is 14.8. The van der Waals surface area contributed by atoms with Gasteiger partial charge in [0.15, 0.2) is 0 Å². The fourth-order valence-electron chi connectivity index (χ4n) is 2.76. The fraction of sp³-hybridized carbons (Fsp3) is 0.714. The van der Waals surface area contributed by atoms with Crippen LogP contribution in [0.25, 0.3) is 0 Å². The Labute approximate surface area is 121 Å². The first-order valence-electron chi connectivity index (χ1n) is 7.29. The highest BCUT2D eigenvalue weighted by Crippen LogP contribution is 2.25. The quantitative estimate of drug-likeness (QED) is 0.902. The van der Waals surface area contributed by atoms with Crippen molar-refractivity contribution in [1.82, 2.24) is 8.87 Å². The Hall–Kier alpha value is -0.850. The van der Waals surface area contributed by atoms with E-state index >= 15 is 0 Å². The molecule has 1 aliphatic heterocycles. The smallest absolute Gasteiger partial charge is 0.244 e. The molecule has 2 rings (SSSR count). The predicted octanol–water partition coefficient (Wildman–Crippen LogP) is 1.81. The van der Waals surface area contributed by atoms with E-state index in [2.05, 4.69) is 6.92 Å². The Bertz CT molecular complexity index is 551. The zero-order valence-electron chi connectivity index (χ0n) is 12.2. The van der Waals surface area contributed by atoms with Crippen LogP contribution in [-0.4, -0.2) is 35.5 Å². The second kappa shape index (κ2) is 6.28. The average Bonchev–Trinajstić information content (AvgIpc) is 2.83. The lowest BCUT2D eigenvalue weighted by Gasteiger charge is -2.29. The van der Waals surface area contributed by atoms with Crippen molar-refractivity contribution in [1.29, 1.82) is 0 Å². The molecule has 0 amide bonds. The number of nitrogens with zero attached hydrogens (tertiary/aromatic N) is 2. The highest BCUT2D eigenvalue weighted by Gasteiger charge is 2.29. The van der Waals surface area contributed by atoms with Gasteiger partial charge >= 0.3 is 0 Å². The molecule has 5 nitrogen and oxygen atoms in total. The van der Waals surface area contributed by atoms with Gasteiger partial charge in [-0.15, -0.1) is 0 Å². The summed E-state index contributed by atoms with van der Waals surface area (Å²) >= 11 is 0. The van der Waals surface area contributed by atoms with E-state index in [1.54, 1.807) is 16.6 Å². The number of aryl methyl sites for hydroxylation is 1.